The van der Waals surface area contributed by atoms with E-state index in [0.717, 1.165) is 23.9 Å². The van der Waals surface area contributed by atoms with Crippen LogP contribution in [-0.2, 0) is 10.1 Å². The normalized spacial score (nSPS) is 14.5. The predicted octanol–water partition coefficient (Wildman–Crippen LogP) is 5.04. The molecule has 0 aromatic heterocycles. The summed E-state index contributed by atoms with van der Waals surface area (Å²) in [6.07, 6.45) is 4.49. The van der Waals surface area contributed by atoms with Gasteiger partial charge in [0.1, 0.15) is 10.6 Å². The third-order valence-electron chi connectivity index (χ3n) is 4.82. The molecule has 0 radical (unpaired) electrons. The van der Waals surface area contributed by atoms with Crippen molar-refractivity contribution in [3.05, 3.63) is 53.0 Å². The highest BCUT2D eigenvalue weighted by atomic mass is 79.9. The monoisotopic (exact) mass is 480 g/mol. The molecule has 1 heterocycles. The van der Waals surface area contributed by atoms with Gasteiger partial charge < -0.3 is 9.08 Å². The fourth-order valence-electron chi connectivity index (χ4n) is 3.25. The van der Waals surface area contributed by atoms with Gasteiger partial charge in [-0.15, -0.1) is 0 Å². The van der Waals surface area contributed by atoms with Gasteiger partial charge >= 0.3 is 16.1 Å². The van der Waals surface area contributed by atoms with E-state index in [1.165, 1.54) is 25.0 Å². The molecule has 0 spiro atoms. The topological polar surface area (TPSA) is 66.9 Å². The Kier molecular flexibility index (Phi) is 7.18. The molecule has 6 nitrogen and oxygen atoms in total. The molecule has 0 N–H and O–H groups in total. The lowest BCUT2D eigenvalue weighted by Crippen LogP contribution is -2.32. The van der Waals surface area contributed by atoms with Gasteiger partial charge in [0.2, 0.25) is 0 Å². The number of carbonyl (C=O) groups excluding carboxylic acids is 1. The third-order valence-corrected chi connectivity index (χ3v) is 6.57. The molecule has 8 heteroatoms. The third kappa shape index (κ3) is 5.51. The van der Waals surface area contributed by atoms with E-state index in [0.29, 0.717) is 18.8 Å². The number of nitrogens with zero attached hydrogens (tertiary/aromatic N) is 2. The molecule has 3 rings (SSSR count). The second-order valence-electron chi connectivity index (χ2n) is 6.97. The maximum absolute atomic E-state index is 12.6. The first kappa shape index (κ1) is 21.6. The van der Waals surface area contributed by atoms with Gasteiger partial charge in [0.05, 0.1) is 0 Å². The first-order valence-electron chi connectivity index (χ1n) is 9.77. The minimum atomic E-state index is -3.95. The number of unbranched alkanes of at least 4 members (excludes halogenated alkanes) is 3. The molecule has 1 fully saturated rings. The molecule has 0 saturated carbocycles. The Labute approximate surface area is 180 Å². The highest BCUT2D eigenvalue weighted by Crippen LogP contribution is 2.25. The van der Waals surface area contributed by atoms with Crippen molar-refractivity contribution in [2.24, 2.45) is 0 Å². The summed E-state index contributed by atoms with van der Waals surface area (Å²) in [4.78, 5) is 16.2. The van der Waals surface area contributed by atoms with Crippen LogP contribution in [0.5, 0.6) is 5.75 Å². The highest BCUT2D eigenvalue weighted by molar-refractivity contribution is 9.10. The van der Waals surface area contributed by atoms with Crippen LogP contribution in [0.2, 0.25) is 0 Å². The van der Waals surface area contributed by atoms with Crippen molar-refractivity contribution in [2.75, 3.05) is 24.5 Å². The van der Waals surface area contributed by atoms with E-state index in [2.05, 4.69) is 22.9 Å². The van der Waals surface area contributed by atoms with Gasteiger partial charge in [-0.1, -0.05) is 48.2 Å². The lowest BCUT2D eigenvalue weighted by atomic mass is 10.2. The van der Waals surface area contributed by atoms with Gasteiger partial charge in [-0.2, -0.15) is 8.42 Å². The molecule has 2 aromatic rings. The second-order valence-corrected chi connectivity index (χ2v) is 9.43. The van der Waals surface area contributed by atoms with Crippen LogP contribution in [0.1, 0.15) is 32.6 Å². The second kappa shape index (κ2) is 9.63. The first-order chi connectivity index (χ1) is 13.9. The van der Waals surface area contributed by atoms with Gasteiger partial charge in [-0.3, -0.25) is 4.90 Å². The molecule has 0 unspecified atom stereocenters. The number of amides is 2. The molecule has 1 saturated heterocycles. The first-order valence-corrected chi connectivity index (χ1v) is 12.0. The quantitative estimate of drug-likeness (QED) is 0.372. The van der Waals surface area contributed by atoms with E-state index in [1.54, 1.807) is 41.3 Å². The minimum absolute atomic E-state index is 0.0255. The molecular formula is C21H25BrN2O4S. The van der Waals surface area contributed by atoms with Gasteiger partial charge in [-0.05, 0) is 48.9 Å². The zero-order valence-electron chi connectivity index (χ0n) is 16.4. The Morgan fingerprint density at radius 2 is 1.79 bits per heavy atom. The maximum Gasteiger partial charge on any atom is 0.339 e. The Bertz CT molecular complexity index is 947. The molecule has 0 aliphatic carbocycles. The summed E-state index contributed by atoms with van der Waals surface area (Å²) in [5, 5.41) is 0. The molecule has 1 aliphatic rings. The fourth-order valence-corrected chi connectivity index (χ4v) is 4.55. The Balaban J connectivity index is 1.64. The number of halogens is 1. The molecule has 1 aliphatic heterocycles. The molecular weight excluding hydrogens is 456 g/mol. The summed E-state index contributed by atoms with van der Waals surface area (Å²) in [6, 6.07) is 12.9. The van der Waals surface area contributed by atoms with Crippen LogP contribution in [0.25, 0.3) is 0 Å². The largest absolute Gasteiger partial charge is 0.379 e. The van der Waals surface area contributed by atoms with Crippen LogP contribution >= 0.6 is 15.9 Å². The van der Waals surface area contributed by atoms with Crippen LogP contribution in [-0.4, -0.2) is 39.0 Å². The molecule has 29 heavy (non-hydrogen) atoms. The lowest BCUT2D eigenvalue weighted by Gasteiger charge is -2.19. The van der Waals surface area contributed by atoms with E-state index < -0.39 is 10.1 Å². The van der Waals surface area contributed by atoms with Gasteiger partial charge in [0.25, 0.3) is 0 Å². The zero-order valence-corrected chi connectivity index (χ0v) is 18.8. The van der Waals surface area contributed by atoms with Crippen molar-refractivity contribution < 1.29 is 17.4 Å². The van der Waals surface area contributed by atoms with E-state index in [9.17, 15) is 13.2 Å². The highest BCUT2D eigenvalue weighted by Gasteiger charge is 2.29. The molecule has 0 atom stereocenters. The van der Waals surface area contributed by atoms with E-state index >= 15 is 0 Å². The zero-order chi connectivity index (χ0) is 20.9. The minimum Gasteiger partial charge on any atom is -0.379 e. The molecule has 0 bridgehead atoms. The summed E-state index contributed by atoms with van der Waals surface area (Å²) in [7, 11) is -3.95. The standard InChI is InChI=1S/C21H25BrN2O4S/c1-2-3-4-5-13-23-14-15-24(21(23)25)18-9-11-20(12-10-18)29(26,27)28-19-8-6-7-17(22)16-19/h6-12,16H,2-5,13-15H2,1H3. The summed E-state index contributed by atoms with van der Waals surface area (Å²) in [5.41, 5.74) is 0.687. The Hall–Kier alpha value is -2.06. The number of anilines is 1. The Morgan fingerprint density at radius 3 is 2.48 bits per heavy atom. The maximum atomic E-state index is 12.6. The Morgan fingerprint density at radius 1 is 1.03 bits per heavy atom. The van der Waals surface area contributed by atoms with Crippen LogP contribution in [0, 0.1) is 0 Å². The summed E-state index contributed by atoms with van der Waals surface area (Å²) < 4.78 is 30.9. The molecule has 156 valence electrons. The van der Waals surface area contributed by atoms with Crippen LogP contribution < -0.4 is 9.08 Å². The van der Waals surface area contributed by atoms with Crippen molar-refractivity contribution in [1.29, 1.82) is 0 Å². The number of benzene rings is 2. The summed E-state index contributed by atoms with van der Waals surface area (Å²) in [5.74, 6) is 0.233. The lowest BCUT2D eigenvalue weighted by molar-refractivity contribution is 0.219. The average molecular weight is 481 g/mol. The van der Waals surface area contributed by atoms with E-state index in [1.807, 2.05) is 4.90 Å². The van der Waals surface area contributed by atoms with Crippen molar-refractivity contribution in [3.8, 4) is 5.75 Å². The van der Waals surface area contributed by atoms with Crippen LogP contribution in [0.3, 0.4) is 0 Å². The van der Waals surface area contributed by atoms with Gasteiger partial charge in [-0.25, -0.2) is 4.79 Å². The van der Waals surface area contributed by atoms with Crippen molar-refractivity contribution >= 4 is 37.8 Å². The number of rotatable bonds is 9. The number of urea groups is 1. The predicted molar refractivity (Wildman–Crippen MR) is 117 cm³/mol. The summed E-state index contributed by atoms with van der Waals surface area (Å²) in [6.45, 7) is 4.23. The SMILES string of the molecule is CCCCCCN1CCN(c2ccc(S(=O)(=O)Oc3cccc(Br)c3)cc2)C1=O. The van der Waals surface area contributed by atoms with Crippen molar-refractivity contribution in [3.63, 3.8) is 0 Å². The fraction of sp³-hybridized carbons (Fsp3) is 0.381. The number of hydrogen-bond acceptors (Lipinski definition) is 4. The molecule has 2 amide bonds. The number of hydrogen-bond donors (Lipinski definition) is 0. The number of carbonyl (C=O) groups is 1. The summed E-state index contributed by atoms with van der Waals surface area (Å²) >= 11 is 3.29. The smallest absolute Gasteiger partial charge is 0.339 e. The van der Waals surface area contributed by atoms with Gasteiger partial charge in [0.15, 0.2) is 0 Å². The average Bonchev–Trinajstić information content (AvgIpc) is 3.05. The van der Waals surface area contributed by atoms with Crippen molar-refractivity contribution in [2.45, 2.75) is 37.5 Å². The molecule has 2 aromatic carbocycles. The van der Waals surface area contributed by atoms with E-state index in [4.69, 9.17) is 4.18 Å². The van der Waals surface area contributed by atoms with Crippen molar-refractivity contribution in [1.82, 2.24) is 4.90 Å². The van der Waals surface area contributed by atoms with Gasteiger partial charge in [0, 0.05) is 29.8 Å². The van der Waals surface area contributed by atoms with E-state index in [-0.39, 0.29) is 16.7 Å². The van der Waals surface area contributed by atoms with Crippen LogP contribution in [0.4, 0.5) is 10.5 Å². The van der Waals surface area contributed by atoms with Crippen LogP contribution in [0.15, 0.2) is 57.9 Å².